The summed E-state index contributed by atoms with van der Waals surface area (Å²) in [7, 11) is 3.08. The number of unbranched alkanes of at least 4 members (excludes halogenated alkanes) is 2. The van der Waals surface area contributed by atoms with E-state index in [0.717, 1.165) is 24.1 Å². The van der Waals surface area contributed by atoms with Crippen molar-refractivity contribution in [3.63, 3.8) is 0 Å². The summed E-state index contributed by atoms with van der Waals surface area (Å²) in [6, 6.07) is 7.44. The van der Waals surface area contributed by atoms with E-state index < -0.39 is 0 Å². The Hall–Kier alpha value is -2.19. The molecule has 2 aliphatic rings. The number of likely N-dealkylation sites (N-methyl/N-ethyl adjacent to an activating group) is 1. The molecule has 1 aromatic carbocycles. The Morgan fingerprint density at radius 2 is 1.89 bits per heavy atom. The first-order chi connectivity index (χ1) is 13.0. The van der Waals surface area contributed by atoms with Gasteiger partial charge in [0.15, 0.2) is 0 Å². The summed E-state index contributed by atoms with van der Waals surface area (Å²) in [5.41, 5.74) is 1.99. The van der Waals surface area contributed by atoms with Crippen molar-refractivity contribution in [2.75, 3.05) is 25.6 Å². The highest BCUT2D eigenvalue weighted by atomic mass is 32.2. The highest BCUT2D eigenvalue weighted by molar-refractivity contribution is 8.26. The number of esters is 1. The topological polar surface area (TPSA) is 66.9 Å². The zero-order valence-electron chi connectivity index (χ0n) is 15.2. The number of carbonyl (C=O) groups is 3. The predicted molar refractivity (Wildman–Crippen MR) is 109 cm³/mol. The first-order valence-corrected chi connectivity index (χ1v) is 9.90. The zero-order valence-corrected chi connectivity index (χ0v) is 16.8. The quantitative estimate of drug-likeness (QED) is 0.314. The largest absolute Gasteiger partial charge is 0.469 e. The molecule has 3 rings (SSSR count). The van der Waals surface area contributed by atoms with Gasteiger partial charge in [0.1, 0.15) is 4.32 Å². The predicted octanol–water partition coefficient (Wildman–Crippen LogP) is 2.97. The smallest absolute Gasteiger partial charge is 0.305 e. The first kappa shape index (κ1) is 19.6. The van der Waals surface area contributed by atoms with Crippen molar-refractivity contribution >= 4 is 57.3 Å². The third-order valence-corrected chi connectivity index (χ3v) is 6.07. The van der Waals surface area contributed by atoms with Gasteiger partial charge in [0.25, 0.3) is 11.8 Å². The van der Waals surface area contributed by atoms with Gasteiger partial charge in [0, 0.05) is 25.6 Å². The molecule has 2 amide bonds. The molecule has 0 unspecified atom stereocenters. The molecule has 0 aromatic heterocycles. The molecule has 1 fully saturated rings. The maximum Gasteiger partial charge on any atom is 0.305 e. The molecule has 6 nitrogen and oxygen atoms in total. The Morgan fingerprint density at radius 3 is 2.63 bits per heavy atom. The van der Waals surface area contributed by atoms with Crippen molar-refractivity contribution in [3.05, 3.63) is 34.7 Å². The summed E-state index contributed by atoms with van der Waals surface area (Å²) in [5.74, 6) is -0.630. The molecule has 1 saturated heterocycles. The number of para-hydroxylation sites is 1. The van der Waals surface area contributed by atoms with Crippen molar-refractivity contribution in [1.82, 2.24) is 4.90 Å². The van der Waals surface area contributed by atoms with Crippen LogP contribution in [0.1, 0.15) is 31.2 Å². The lowest BCUT2D eigenvalue weighted by Gasteiger charge is -2.14. The molecule has 2 heterocycles. The van der Waals surface area contributed by atoms with Crippen LogP contribution in [0, 0.1) is 0 Å². The molecular formula is C19H20N2O4S2. The van der Waals surface area contributed by atoms with Crippen LogP contribution in [0.25, 0.3) is 5.57 Å². The van der Waals surface area contributed by atoms with E-state index in [9.17, 15) is 14.4 Å². The van der Waals surface area contributed by atoms with E-state index in [4.69, 9.17) is 12.2 Å². The maximum atomic E-state index is 12.9. The molecule has 2 aliphatic heterocycles. The van der Waals surface area contributed by atoms with Gasteiger partial charge in [0.2, 0.25) is 0 Å². The Morgan fingerprint density at radius 1 is 1.15 bits per heavy atom. The van der Waals surface area contributed by atoms with Crippen molar-refractivity contribution in [2.45, 2.75) is 25.7 Å². The lowest BCUT2D eigenvalue weighted by molar-refractivity contribution is -0.140. The highest BCUT2D eigenvalue weighted by Gasteiger charge is 2.40. The van der Waals surface area contributed by atoms with Gasteiger partial charge in [-0.3, -0.25) is 19.3 Å². The van der Waals surface area contributed by atoms with Crippen LogP contribution in [-0.4, -0.2) is 47.7 Å². The van der Waals surface area contributed by atoms with Crippen LogP contribution < -0.4 is 4.90 Å². The number of ether oxygens (including phenoxy) is 1. The van der Waals surface area contributed by atoms with E-state index in [1.807, 2.05) is 24.3 Å². The normalized spacial score (nSPS) is 19.1. The van der Waals surface area contributed by atoms with Gasteiger partial charge in [-0.15, -0.1) is 0 Å². The SMILES string of the molecule is COC(=O)CCCCCN1C(=O)/C(=C2/C(=O)N(C)c3ccccc32)SC1=S. The van der Waals surface area contributed by atoms with Crippen LogP contribution in [-0.2, 0) is 19.1 Å². The molecule has 0 radical (unpaired) electrons. The summed E-state index contributed by atoms with van der Waals surface area (Å²) in [5, 5.41) is 0. The van der Waals surface area contributed by atoms with E-state index >= 15 is 0 Å². The minimum absolute atomic E-state index is 0.185. The van der Waals surface area contributed by atoms with Crippen LogP contribution >= 0.6 is 24.0 Å². The van der Waals surface area contributed by atoms with E-state index in [0.29, 0.717) is 34.2 Å². The molecule has 8 heteroatoms. The van der Waals surface area contributed by atoms with E-state index in [1.165, 1.54) is 18.9 Å². The number of rotatable bonds is 6. The Balaban J connectivity index is 1.72. The molecule has 0 spiro atoms. The molecule has 142 valence electrons. The summed E-state index contributed by atoms with van der Waals surface area (Å²) in [6.45, 7) is 0.480. The van der Waals surface area contributed by atoms with Gasteiger partial charge in [-0.2, -0.15) is 0 Å². The molecular weight excluding hydrogens is 384 g/mol. The number of carbonyl (C=O) groups excluding carboxylic acids is 3. The number of hydrogen-bond acceptors (Lipinski definition) is 6. The summed E-state index contributed by atoms with van der Waals surface area (Å²) in [4.78, 5) is 40.2. The molecule has 0 saturated carbocycles. The number of amides is 2. The first-order valence-electron chi connectivity index (χ1n) is 8.68. The van der Waals surface area contributed by atoms with Crippen molar-refractivity contribution in [3.8, 4) is 0 Å². The second-order valence-corrected chi connectivity index (χ2v) is 7.94. The number of thiocarbonyl (C=S) groups is 1. The standard InChI is InChI=1S/C19H20N2O4S2/c1-20-13-9-6-5-8-12(13)15(17(20)23)16-18(24)21(19(26)27-16)11-7-3-4-10-14(22)25-2/h5-6,8-9H,3-4,7,10-11H2,1-2H3/b16-15-. The van der Waals surface area contributed by atoms with E-state index in [-0.39, 0.29) is 17.8 Å². The summed E-state index contributed by atoms with van der Waals surface area (Å²) < 4.78 is 5.08. The average molecular weight is 405 g/mol. The van der Waals surface area contributed by atoms with Crippen molar-refractivity contribution in [1.29, 1.82) is 0 Å². The minimum atomic E-state index is -0.229. The average Bonchev–Trinajstić information content (AvgIpc) is 3.08. The lowest BCUT2D eigenvalue weighted by atomic mass is 10.1. The summed E-state index contributed by atoms with van der Waals surface area (Å²) in [6.07, 6.45) is 2.61. The fraction of sp³-hybridized carbons (Fsp3) is 0.368. The number of nitrogens with zero attached hydrogens (tertiary/aromatic N) is 2. The fourth-order valence-electron chi connectivity index (χ4n) is 3.15. The second kappa shape index (κ2) is 8.22. The number of hydrogen-bond donors (Lipinski definition) is 0. The summed E-state index contributed by atoms with van der Waals surface area (Å²) >= 11 is 6.56. The van der Waals surface area contributed by atoms with Crippen LogP contribution in [0.2, 0.25) is 0 Å². The zero-order chi connectivity index (χ0) is 19.6. The number of benzene rings is 1. The highest BCUT2D eigenvalue weighted by Crippen LogP contribution is 2.43. The van der Waals surface area contributed by atoms with Crippen LogP contribution in [0.3, 0.4) is 0 Å². The molecule has 27 heavy (non-hydrogen) atoms. The molecule has 1 aromatic rings. The second-order valence-electron chi connectivity index (χ2n) is 6.30. The van der Waals surface area contributed by atoms with Crippen LogP contribution in [0.5, 0.6) is 0 Å². The van der Waals surface area contributed by atoms with Crippen LogP contribution in [0.4, 0.5) is 5.69 Å². The Bertz CT molecular complexity index is 850. The molecule has 0 bridgehead atoms. The molecule has 0 aliphatic carbocycles. The van der Waals surface area contributed by atoms with Gasteiger partial charge in [-0.25, -0.2) is 0 Å². The van der Waals surface area contributed by atoms with Crippen LogP contribution in [0.15, 0.2) is 29.2 Å². The van der Waals surface area contributed by atoms with Gasteiger partial charge >= 0.3 is 5.97 Å². The Labute approximate surface area is 167 Å². The maximum absolute atomic E-state index is 12.9. The number of thioether (sulfide) groups is 1. The van der Waals surface area contributed by atoms with Gasteiger partial charge < -0.3 is 9.64 Å². The third-order valence-electron chi connectivity index (χ3n) is 4.62. The minimum Gasteiger partial charge on any atom is -0.469 e. The Kier molecular flexibility index (Phi) is 5.96. The fourth-order valence-corrected chi connectivity index (χ4v) is 4.53. The van der Waals surface area contributed by atoms with Gasteiger partial charge in [0.05, 0.1) is 23.3 Å². The number of methoxy groups -OCH3 is 1. The third kappa shape index (κ3) is 3.77. The van der Waals surface area contributed by atoms with Crippen molar-refractivity contribution < 1.29 is 19.1 Å². The molecule has 0 atom stereocenters. The van der Waals surface area contributed by atoms with Gasteiger partial charge in [-0.1, -0.05) is 48.6 Å². The molecule has 0 N–H and O–H groups in total. The number of fused-ring (bicyclic) bond motifs is 1. The van der Waals surface area contributed by atoms with E-state index in [1.54, 1.807) is 16.8 Å². The number of anilines is 1. The lowest BCUT2D eigenvalue weighted by Crippen LogP contribution is -2.29. The van der Waals surface area contributed by atoms with Crippen molar-refractivity contribution in [2.24, 2.45) is 0 Å². The van der Waals surface area contributed by atoms with Gasteiger partial charge in [-0.05, 0) is 18.9 Å². The van der Waals surface area contributed by atoms with E-state index in [2.05, 4.69) is 4.74 Å². The monoisotopic (exact) mass is 404 g/mol.